The Balaban J connectivity index is 2.25. The molecule has 5 nitrogen and oxygen atoms in total. The van der Waals surface area contributed by atoms with Crippen LogP contribution in [0.5, 0.6) is 0 Å². The Labute approximate surface area is 127 Å². The molecule has 0 aromatic carbocycles. The highest BCUT2D eigenvalue weighted by molar-refractivity contribution is 5.97. The highest BCUT2D eigenvalue weighted by Crippen LogP contribution is 2.37. The number of carbonyl (C=O) groups is 2. The maximum atomic E-state index is 12.8. The molecule has 1 saturated heterocycles. The Bertz CT molecular complexity index is 410. The molecular formula is C16H28N2O3. The number of rotatable bonds is 5. The smallest absolute Gasteiger partial charge is 0.246 e. The molecule has 1 saturated carbocycles. The van der Waals surface area contributed by atoms with Crippen LogP contribution < -0.4 is 5.32 Å². The van der Waals surface area contributed by atoms with Crippen LogP contribution in [0.3, 0.4) is 0 Å². The van der Waals surface area contributed by atoms with Crippen LogP contribution in [0, 0.1) is 11.8 Å². The maximum Gasteiger partial charge on any atom is 0.246 e. The van der Waals surface area contributed by atoms with Gasteiger partial charge in [0, 0.05) is 7.11 Å². The zero-order valence-electron chi connectivity index (χ0n) is 13.8. The number of methoxy groups -OCH3 is 1. The number of piperazine rings is 1. The molecule has 120 valence electrons. The van der Waals surface area contributed by atoms with E-state index in [2.05, 4.69) is 5.32 Å². The minimum absolute atomic E-state index is 0.0334. The molecule has 1 N–H and O–H groups in total. The van der Waals surface area contributed by atoms with Gasteiger partial charge in [-0.05, 0) is 31.1 Å². The van der Waals surface area contributed by atoms with E-state index in [0.29, 0.717) is 6.54 Å². The van der Waals surface area contributed by atoms with Crippen LogP contribution in [0.4, 0.5) is 0 Å². The van der Waals surface area contributed by atoms with Crippen LogP contribution in [0.1, 0.15) is 47.0 Å². The molecule has 2 atom stereocenters. The van der Waals surface area contributed by atoms with Gasteiger partial charge in [-0.1, -0.05) is 27.7 Å². The van der Waals surface area contributed by atoms with Crippen molar-refractivity contribution in [3.8, 4) is 0 Å². The molecule has 0 aromatic heterocycles. The average Bonchev–Trinajstić information content (AvgIpc) is 2.36. The first-order valence-corrected chi connectivity index (χ1v) is 7.97. The summed E-state index contributed by atoms with van der Waals surface area (Å²) in [5.74, 6) is 0.188. The van der Waals surface area contributed by atoms with Crippen LogP contribution in [0.25, 0.3) is 0 Å². The molecule has 21 heavy (non-hydrogen) atoms. The Morgan fingerprint density at radius 3 is 2.24 bits per heavy atom. The van der Waals surface area contributed by atoms with Gasteiger partial charge in [0.25, 0.3) is 0 Å². The zero-order valence-corrected chi connectivity index (χ0v) is 13.8. The molecule has 2 unspecified atom stereocenters. The van der Waals surface area contributed by atoms with Crippen LogP contribution in [0.15, 0.2) is 0 Å². The van der Waals surface area contributed by atoms with Crippen LogP contribution in [-0.4, -0.2) is 48.1 Å². The fraction of sp³-hybridized carbons (Fsp3) is 0.875. The zero-order chi connectivity index (χ0) is 15.8. The second-order valence-corrected chi connectivity index (χ2v) is 7.13. The minimum Gasteiger partial charge on any atom is -0.376 e. The van der Waals surface area contributed by atoms with Gasteiger partial charge in [-0.25, -0.2) is 0 Å². The van der Waals surface area contributed by atoms with Gasteiger partial charge in [0.2, 0.25) is 11.8 Å². The van der Waals surface area contributed by atoms with Gasteiger partial charge in [-0.3, -0.25) is 9.59 Å². The van der Waals surface area contributed by atoms with E-state index in [1.807, 2.05) is 27.7 Å². The first kappa shape index (κ1) is 16.3. The number of carbonyl (C=O) groups excluding carboxylic acids is 2. The summed E-state index contributed by atoms with van der Waals surface area (Å²) in [7, 11) is 1.71. The van der Waals surface area contributed by atoms with E-state index >= 15 is 0 Å². The largest absolute Gasteiger partial charge is 0.376 e. The molecule has 2 rings (SSSR count). The summed E-state index contributed by atoms with van der Waals surface area (Å²) in [6.45, 7) is 8.43. The summed E-state index contributed by atoms with van der Waals surface area (Å²) >= 11 is 0. The number of ether oxygens (including phenoxy) is 1. The highest BCUT2D eigenvalue weighted by Gasteiger charge is 2.48. The number of hydrogen-bond donors (Lipinski definition) is 1. The van der Waals surface area contributed by atoms with E-state index in [0.717, 1.165) is 19.3 Å². The normalized spacial score (nSPS) is 28.8. The summed E-state index contributed by atoms with van der Waals surface area (Å²) in [4.78, 5) is 27.0. The maximum absolute atomic E-state index is 12.8. The number of amides is 2. The second-order valence-electron chi connectivity index (χ2n) is 7.13. The molecule has 5 heteroatoms. The van der Waals surface area contributed by atoms with Gasteiger partial charge in [-0.15, -0.1) is 0 Å². The third kappa shape index (κ3) is 2.93. The van der Waals surface area contributed by atoms with Crippen molar-refractivity contribution in [1.29, 1.82) is 0 Å². The molecule has 1 aliphatic carbocycles. The molecule has 0 radical (unpaired) electrons. The first-order chi connectivity index (χ1) is 9.81. The Kier molecular flexibility index (Phi) is 4.61. The molecule has 2 fully saturated rings. The van der Waals surface area contributed by atoms with Gasteiger partial charge < -0.3 is 15.0 Å². The van der Waals surface area contributed by atoms with Gasteiger partial charge >= 0.3 is 0 Å². The molecule has 0 bridgehead atoms. The lowest BCUT2D eigenvalue weighted by Crippen LogP contribution is -2.68. The van der Waals surface area contributed by atoms with Crippen LogP contribution >= 0.6 is 0 Å². The Morgan fingerprint density at radius 2 is 1.86 bits per heavy atom. The molecule has 1 aliphatic heterocycles. The fourth-order valence-electron chi connectivity index (χ4n) is 3.36. The van der Waals surface area contributed by atoms with Crippen molar-refractivity contribution in [2.75, 3.05) is 13.7 Å². The molecule has 0 spiro atoms. The fourth-order valence-corrected chi connectivity index (χ4v) is 3.36. The third-order valence-corrected chi connectivity index (χ3v) is 4.91. The summed E-state index contributed by atoms with van der Waals surface area (Å²) in [6, 6.07) is -0.804. The van der Waals surface area contributed by atoms with Gasteiger partial charge in [-0.2, -0.15) is 0 Å². The summed E-state index contributed by atoms with van der Waals surface area (Å²) in [5.41, 5.74) is -0.248. The molecule has 0 aromatic rings. The van der Waals surface area contributed by atoms with Crippen molar-refractivity contribution in [3.63, 3.8) is 0 Å². The topological polar surface area (TPSA) is 58.6 Å². The van der Waals surface area contributed by atoms with E-state index in [1.165, 1.54) is 0 Å². The summed E-state index contributed by atoms with van der Waals surface area (Å²) in [6.07, 6.45) is 3.06. The second kappa shape index (κ2) is 5.95. The Morgan fingerprint density at radius 1 is 1.24 bits per heavy atom. The van der Waals surface area contributed by atoms with E-state index in [9.17, 15) is 9.59 Å². The summed E-state index contributed by atoms with van der Waals surface area (Å²) < 4.78 is 5.66. The number of nitrogens with zero attached hydrogens (tertiary/aromatic N) is 1. The highest BCUT2D eigenvalue weighted by atomic mass is 16.5. The van der Waals surface area contributed by atoms with Crippen molar-refractivity contribution < 1.29 is 14.3 Å². The predicted molar refractivity (Wildman–Crippen MR) is 80.7 cm³/mol. The van der Waals surface area contributed by atoms with Crippen molar-refractivity contribution in [2.45, 2.75) is 64.6 Å². The van der Waals surface area contributed by atoms with E-state index in [-0.39, 0.29) is 35.3 Å². The average molecular weight is 296 g/mol. The minimum atomic E-state index is -0.415. The standard InChI is InChI=1S/C16H28N2O3/c1-10(2)12-15(20)18(9-16(21-5)7-6-8-16)13(11(3)4)14(19)17-12/h10-13H,6-9H2,1-5H3,(H,17,19). The van der Waals surface area contributed by atoms with Gasteiger partial charge in [0.15, 0.2) is 0 Å². The van der Waals surface area contributed by atoms with Crippen molar-refractivity contribution in [1.82, 2.24) is 10.2 Å². The molecule has 2 amide bonds. The third-order valence-electron chi connectivity index (χ3n) is 4.91. The van der Waals surface area contributed by atoms with Crippen molar-refractivity contribution in [2.24, 2.45) is 11.8 Å². The van der Waals surface area contributed by atoms with Crippen LogP contribution in [0.2, 0.25) is 0 Å². The van der Waals surface area contributed by atoms with E-state index < -0.39 is 6.04 Å². The Hall–Kier alpha value is -1.10. The monoisotopic (exact) mass is 296 g/mol. The lowest BCUT2D eigenvalue weighted by atomic mass is 9.78. The lowest BCUT2D eigenvalue weighted by molar-refractivity contribution is -0.162. The van der Waals surface area contributed by atoms with Crippen LogP contribution in [-0.2, 0) is 14.3 Å². The van der Waals surface area contributed by atoms with Crippen molar-refractivity contribution in [3.05, 3.63) is 0 Å². The molecule has 1 heterocycles. The van der Waals surface area contributed by atoms with Gasteiger partial charge in [0.1, 0.15) is 12.1 Å². The van der Waals surface area contributed by atoms with Crippen molar-refractivity contribution >= 4 is 11.8 Å². The molecule has 2 aliphatic rings. The number of hydrogen-bond acceptors (Lipinski definition) is 3. The lowest BCUT2D eigenvalue weighted by Gasteiger charge is -2.49. The SMILES string of the molecule is COC1(CN2C(=O)C(C(C)C)NC(=O)C2C(C)C)CCC1. The number of nitrogens with one attached hydrogen (secondary N) is 1. The van der Waals surface area contributed by atoms with Gasteiger partial charge in [0.05, 0.1) is 12.1 Å². The molecular weight excluding hydrogens is 268 g/mol. The van der Waals surface area contributed by atoms with E-state index in [4.69, 9.17) is 4.74 Å². The first-order valence-electron chi connectivity index (χ1n) is 7.97. The quantitative estimate of drug-likeness (QED) is 0.837. The predicted octanol–water partition coefficient (Wildman–Crippen LogP) is 1.56. The summed E-state index contributed by atoms with van der Waals surface area (Å²) in [5, 5.41) is 2.90. The van der Waals surface area contributed by atoms with E-state index in [1.54, 1.807) is 12.0 Å².